The minimum atomic E-state index is 0.169. The number of hydrogen-bond donors (Lipinski definition) is 1. The first kappa shape index (κ1) is 19.1. The number of hydrogen-bond acceptors (Lipinski definition) is 5. The minimum Gasteiger partial charge on any atom is -0.352 e. The van der Waals surface area contributed by atoms with Crippen molar-refractivity contribution in [2.45, 2.75) is 69.5 Å². The van der Waals surface area contributed by atoms with Crippen molar-refractivity contribution in [3.8, 4) is 11.3 Å². The maximum absolute atomic E-state index is 12.4. The molecule has 0 atom stereocenters. The molecule has 0 bridgehead atoms. The fraction of sp³-hybridized carbons (Fsp3) is 0.619. The summed E-state index contributed by atoms with van der Waals surface area (Å²) in [5.74, 6) is 0.169. The molecule has 1 N–H and O–H groups in total. The largest absolute Gasteiger partial charge is 0.352 e. The molecule has 4 rings (SSSR count). The second-order valence-electron chi connectivity index (χ2n) is 8.23. The lowest BCUT2D eigenvalue weighted by atomic mass is 9.91. The first-order valence-corrected chi connectivity index (χ1v) is 10.5. The summed E-state index contributed by atoms with van der Waals surface area (Å²) < 4.78 is 2.06. The Morgan fingerprint density at radius 3 is 2.71 bits per heavy atom. The number of rotatable bonds is 6. The van der Waals surface area contributed by atoms with Gasteiger partial charge in [0.25, 0.3) is 0 Å². The third-order valence-electron chi connectivity index (χ3n) is 6.26. The molecule has 1 amide bonds. The van der Waals surface area contributed by atoms with Crippen molar-refractivity contribution in [2.75, 3.05) is 13.6 Å². The first-order chi connectivity index (χ1) is 13.7. The van der Waals surface area contributed by atoms with Gasteiger partial charge in [-0.05, 0) is 51.6 Å². The maximum atomic E-state index is 12.4. The van der Waals surface area contributed by atoms with Crippen LogP contribution < -0.4 is 5.32 Å². The third-order valence-corrected chi connectivity index (χ3v) is 6.26. The van der Waals surface area contributed by atoms with Gasteiger partial charge in [0.05, 0.1) is 24.5 Å². The summed E-state index contributed by atoms with van der Waals surface area (Å²) >= 11 is 0. The Kier molecular flexibility index (Phi) is 6.00. The van der Waals surface area contributed by atoms with Crippen LogP contribution in [0.2, 0.25) is 0 Å². The van der Waals surface area contributed by atoms with Crippen molar-refractivity contribution < 1.29 is 4.79 Å². The normalized spacial score (nSPS) is 23.2. The fourth-order valence-corrected chi connectivity index (χ4v) is 4.59. The Balaban J connectivity index is 1.24. The zero-order valence-corrected chi connectivity index (χ0v) is 16.6. The Labute approximate surface area is 166 Å². The number of carbonyl (C=O) groups is 1. The molecule has 2 aliphatic carbocycles. The van der Waals surface area contributed by atoms with Gasteiger partial charge in [0, 0.05) is 30.0 Å². The van der Waals surface area contributed by atoms with Crippen molar-refractivity contribution >= 4 is 5.91 Å². The molecular formula is C21H30N6O. The van der Waals surface area contributed by atoms with E-state index in [0.717, 1.165) is 36.9 Å². The molecule has 0 unspecified atom stereocenters. The molecule has 2 heterocycles. The minimum absolute atomic E-state index is 0.169. The molecule has 2 saturated carbocycles. The number of likely N-dealkylation sites (N-methyl/N-ethyl adjacent to an activating group) is 1. The molecule has 2 aromatic heterocycles. The number of amides is 1. The van der Waals surface area contributed by atoms with Crippen LogP contribution in [-0.2, 0) is 4.79 Å². The fourth-order valence-electron chi connectivity index (χ4n) is 4.59. The molecule has 2 aliphatic rings. The van der Waals surface area contributed by atoms with Crippen LogP contribution in [0.25, 0.3) is 11.3 Å². The predicted molar refractivity (Wildman–Crippen MR) is 108 cm³/mol. The average Bonchev–Trinajstić information content (AvgIpc) is 3.42. The van der Waals surface area contributed by atoms with Gasteiger partial charge in [0.2, 0.25) is 5.91 Å². The Hall–Kier alpha value is -2.28. The highest BCUT2D eigenvalue weighted by molar-refractivity contribution is 5.78. The SMILES string of the molecule is CN(CC(=O)NC1CCC(n2cc(-c3ccncn3)cn2)CC1)C1CCCC1. The average molecular weight is 383 g/mol. The second-order valence-corrected chi connectivity index (χ2v) is 8.23. The smallest absolute Gasteiger partial charge is 0.234 e. The molecule has 28 heavy (non-hydrogen) atoms. The van der Waals surface area contributed by atoms with Gasteiger partial charge in [-0.1, -0.05) is 12.8 Å². The van der Waals surface area contributed by atoms with Crippen LogP contribution in [0.15, 0.2) is 31.0 Å². The quantitative estimate of drug-likeness (QED) is 0.831. The van der Waals surface area contributed by atoms with Crippen LogP contribution in [-0.4, -0.2) is 56.2 Å². The van der Waals surface area contributed by atoms with Gasteiger partial charge in [0.1, 0.15) is 6.33 Å². The molecule has 2 aromatic rings. The monoisotopic (exact) mass is 382 g/mol. The third kappa shape index (κ3) is 4.58. The van der Waals surface area contributed by atoms with E-state index in [-0.39, 0.29) is 11.9 Å². The molecule has 0 aliphatic heterocycles. The lowest BCUT2D eigenvalue weighted by Gasteiger charge is -2.30. The van der Waals surface area contributed by atoms with Crippen LogP contribution in [0.1, 0.15) is 57.4 Å². The number of nitrogens with one attached hydrogen (secondary N) is 1. The highest BCUT2D eigenvalue weighted by Gasteiger charge is 2.26. The van der Waals surface area contributed by atoms with Crippen molar-refractivity contribution in [3.05, 3.63) is 31.0 Å². The van der Waals surface area contributed by atoms with E-state index in [4.69, 9.17) is 0 Å². The molecule has 0 radical (unpaired) electrons. The molecule has 150 valence electrons. The first-order valence-electron chi connectivity index (χ1n) is 10.5. The lowest BCUT2D eigenvalue weighted by molar-refractivity contribution is -0.123. The number of nitrogens with zero attached hydrogens (tertiary/aromatic N) is 5. The Bertz CT molecular complexity index is 762. The molecule has 7 nitrogen and oxygen atoms in total. The summed E-state index contributed by atoms with van der Waals surface area (Å²) in [6.07, 6.45) is 16.4. The van der Waals surface area contributed by atoms with Crippen LogP contribution in [0, 0.1) is 0 Å². The summed E-state index contributed by atoms with van der Waals surface area (Å²) in [5.41, 5.74) is 1.92. The molecule has 2 fully saturated rings. The number of aromatic nitrogens is 4. The van der Waals surface area contributed by atoms with E-state index in [1.54, 1.807) is 12.5 Å². The highest BCUT2D eigenvalue weighted by Crippen LogP contribution is 2.29. The van der Waals surface area contributed by atoms with E-state index in [1.165, 1.54) is 25.7 Å². The predicted octanol–water partition coefficient (Wildman–Crippen LogP) is 2.81. The van der Waals surface area contributed by atoms with E-state index in [9.17, 15) is 4.79 Å². The van der Waals surface area contributed by atoms with Crippen LogP contribution in [0.4, 0.5) is 0 Å². The molecular weight excluding hydrogens is 352 g/mol. The zero-order chi connectivity index (χ0) is 19.3. The molecule has 0 saturated heterocycles. The van der Waals surface area contributed by atoms with E-state index in [2.05, 4.69) is 43.2 Å². The van der Waals surface area contributed by atoms with Crippen molar-refractivity contribution in [3.63, 3.8) is 0 Å². The van der Waals surface area contributed by atoms with Crippen molar-refractivity contribution in [1.82, 2.24) is 30.0 Å². The van der Waals surface area contributed by atoms with Crippen LogP contribution in [0.5, 0.6) is 0 Å². The van der Waals surface area contributed by atoms with Gasteiger partial charge < -0.3 is 5.32 Å². The van der Waals surface area contributed by atoms with E-state index in [0.29, 0.717) is 18.6 Å². The summed E-state index contributed by atoms with van der Waals surface area (Å²) in [5, 5.41) is 7.80. The number of carbonyl (C=O) groups excluding carboxylic acids is 1. The van der Waals surface area contributed by atoms with Gasteiger partial charge in [-0.3, -0.25) is 14.4 Å². The zero-order valence-electron chi connectivity index (χ0n) is 16.6. The van der Waals surface area contributed by atoms with Crippen LogP contribution >= 0.6 is 0 Å². The molecule has 0 aromatic carbocycles. The van der Waals surface area contributed by atoms with Crippen LogP contribution in [0.3, 0.4) is 0 Å². The standard InChI is InChI=1S/C21H30N6O/c1-26(18-4-2-3-5-18)14-21(28)25-17-6-8-19(9-7-17)27-13-16(12-24-27)20-10-11-22-15-23-20/h10-13,15,17-19H,2-9,14H2,1H3,(H,25,28). The maximum Gasteiger partial charge on any atom is 0.234 e. The highest BCUT2D eigenvalue weighted by atomic mass is 16.2. The van der Waals surface area contributed by atoms with E-state index < -0.39 is 0 Å². The Morgan fingerprint density at radius 1 is 1.21 bits per heavy atom. The topological polar surface area (TPSA) is 75.9 Å². The summed E-state index contributed by atoms with van der Waals surface area (Å²) in [6, 6.07) is 3.17. The molecule has 0 spiro atoms. The summed E-state index contributed by atoms with van der Waals surface area (Å²) in [7, 11) is 2.08. The van der Waals surface area contributed by atoms with Crippen molar-refractivity contribution in [1.29, 1.82) is 0 Å². The van der Waals surface area contributed by atoms with Gasteiger partial charge in [-0.15, -0.1) is 0 Å². The second kappa shape index (κ2) is 8.82. The van der Waals surface area contributed by atoms with Crippen molar-refractivity contribution in [2.24, 2.45) is 0 Å². The van der Waals surface area contributed by atoms with E-state index in [1.807, 2.05) is 12.3 Å². The van der Waals surface area contributed by atoms with Gasteiger partial charge in [0.15, 0.2) is 0 Å². The summed E-state index contributed by atoms with van der Waals surface area (Å²) in [6.45, 7) is 0.520. The molecule has 7 heteroatoms. The summed E-state index contributed by atoms with van der Waals surface area (Å²) in [4.78, 5) is 22.9. The van der Waals surface area contributed by atoms with Gasteiger partial charge in [-0.25, -0.2) is 9.97 Å². The van der Waals surface area contributed by atoms with Gasteiger partial charge in [-0.2, -0.15) is 5.10 Å². The lowest BCUT2D eigenvalue weighted by Crippen LogP contribution is -2.44. The Morgan fingerprint density at radius 2 is 2.00 bits per heavy atom. The van der Waals surface area contributed by atoms with Gasteiger partial charge >= 0.3 is 0 Å². The van der Waals surface area contributed by atoms with E-state index >= 15 is 0 Å².